The summed E-state index contributed by atoms with van der Waals surface area (Å²) in [5, 5.41) is 11.5. The second-order valence-corrected chi connectivity index (χ2v) is 5.67. The molecule has 0 atom stereocenters. The molecule has 0 N–H and O–H groups in total. The van der Waals surface area contributed by atoms with Gasteiger partial charge in [-0.15, -0.1) is 0 Å². The molecule has 0 bridgehead atoms. The fourth-order valence-electron chi connectivity index (χ4n) is 2.14. The Morgan fingerprint density at radius 2 is 1.76 bits per heavy atom. The summed E-state index contributed by atoms with van der Waals surface area (Å²) in [5.41, 5.74) is -0.276. The second-order valence-electron chi connectivity index (χ2n) is 4.76. The van der Waals surface area contributed by atoms with Crippen molar-refractivity contribution in [2.24, 2.45) is 0 Å². The molecule has 0 aliphatic rings. The number of methoxy groups -OCH3 is 3. The van der Waals surface area contributed by atoms with Crippen LogP contribution in [-0.4, -0.2) is 42.0 Å². The lowest BCUT2D eigenvalue weighted by molar-refractivity contribution is -0.386. The van der Waals surface area contributed by atoms with E-state index in [1.54, 1.807) is 0 Å². The van der Waals surface area contributed by atoms with Crippen molar-refractivity contribution in [3.8, 4) is 11.8 Å². The Morgan fingerprint density at radius 1 is 1.16 bits per heavy atom. The molecular formula is C15H14BrN3O6. The van der Waals surface area contributed by atoms with Gasteiger partial charge in [0.25, 0.3) is 5.69 Å². The molecular weight excluding hydrogens is 398 g/mol. The van der Waals surface area contributed by atoms with E-state index in [4.69, 9.17) is 14.2 Å². The fourth-order valence-corrected chi connectivity index (χ4v) is 2.65. The fraction of sp³-hybridized carbons (Fsp3) is 0.267. The van der Waals surface area contributed by atoms with Crippen molar-refractivity contribution in [2.45, 2.75) is 6.61 Å². The Kier molecular flexibility index (Phi) is 5.99. The average molecular weight is 412 g/mol. The molecule has 25 heavy (non-hydrogen) atoms. The maximum absolute atomic E-state index is 12.8. The summed E-state index contributed by atoms with van der Waals surface area (Å²) in [6.45, 7) is -0.0294. The Labute approximate surface area is 151 Å². The minimum atomic E-state index is -0.734. The molecule has 0 saturated heterocycles. The van der Waals surface area contributed by atoms with Crippen molar-refractivity contribution in [3.63, 3.8) is 0 Å². The van der Waals surface area contributed by atoms with E-state index in [-0.39, 0.29) is 41.0 Å². The van der Waals surface area contributed by atoms with Crippen LogP contribution in [0.25, 0.3) is 0 Å². The van der Waals surface area contributed by atoms with E-state index in [0.717, 1.165) is 0 Å². The first-order chi connectivity index (χ1) is 11.9. The summed E-state index contributed by atoms with van der Waals surface area (Å²) in [6, 6.07) is 4.25. The van der Waals surface area contributed by atoms with Crippen molar-refractivity contribution in [1.29, 1.82) is 0 Å². The second kappa shape index (κ2) is 7.99. The van der Waals surface area contributed by atoms with Gasteiger partial charge < -0.3 is 14.2 Å². The highest BCUT2D eigenvalue weighted by Gasteiger charge is 2.28. The number of rotatable bonds is 7. The van der Waals surface area contributed by atoms with Crippen LogP contribution in [0.1, 0.15) is 21.7 Å². The van der Waals surface area contributed by atoms with E-state index >= 15 is 0 Å². The zero-order valence-electron chi connectivity index (χ0n) is 13.6. The highest BCUT2D eigenvalue weighted by Crippen LogP contribution is 2.31. The van der Waals surface area contributed by atoms with E-state index in [1.165, 1.54) is 39.5 Å². The van der Waals surface area contributed by atoms with Crippen LogP contribution in [0.15, 0.2) is 22.7 Å². The molecule has 0 radical (unpaired) electrons. The molecule has 1 aromatic heterocycles. The maximum Gasteiger partial charge on any atom is 0.286 e. The number of carbonyl (C=O) groups excluding carboxylic acids is 1. The zero-order valence-corrected chi connectivity index (χ0v) is 15.2. The summed E-state index contributed by atoms with van der Waals surface area (Å²) >= 11 is 3.24. The third-order valence-corrected chi connectivity index (χ3v) is 3.64. The van der Waals surface area contributed by atoms with E-state index in [1.807, 2.05) is 0 Å². The quantitative estimate of drug-likeness (QED) is 0.387. The molecule has 1 aromatic carbocycles. The Bertz CT molecular complexity index is 805. The van der Waals surface area contributed by atoms with E-state index in [2.05, 4.69) is 25.9 Å². The summed E-state index contributed by atoms with van der Waals surface area (Å²) in [5.74, 6) is -0.807. The number of ketones is 1. The molecule has 0 unspecified atom stereocenters. The largest absolute Gasteiger partial charge is 0.481 e. The summed E-state index contributed by atoms with van der Waals surface area (Å²) < 4.78 is 15.5. The van der Waals surface area contributed by atoms with Crippen LogP contribution < -0.4 is 9.47 Å². The predicted octanol–water partition coefficient (Wildman–Crippen LogP) is 2.54. The zero-order chi connectivity index (χ0) is 18.6. The Morgan fingerprint density at radius 3 is 2.24 bits per heavy atom. The monoisotopic (exact) mass is 411 g/mol. The van der Waals surface area contributed by atoms with Crippen molar-refractivity contribution < 1.29 is 23.9 Å². The van der Waals surface area contributed by atoms with Crippen LogP contribution in [0.3, 0.4) is 0 Å². The first-order valence-corrected chi connectivity index (χ1v) is 7.68. The molecule has 0 spiro atoms. The normalized spacial score (nSPS) is 10.4. The minimum absolute atomic E-state index is 0.0294. The van der Waals surface area contributed by atoms with Crippen LogP contribution in [0, 0.1) is 10.1 Å². The molecule has 1 heterocycles. The summed E-state index contributed by atoms with van der Waals surface area (Å²) in [4.78, 5) is 31.6. The van der Waals surface area contributed by atoms with Crippen LogP contribution in [0.2, 0.25) is 0 Å². The molecule has 0 amide bonds. The number of hydrogen-bond acceptors (Lipinski definition) is 8. The van der Waals surface area contributed by atoms with Gasteiger partial charge in [-0.05, 0) is 12.1 Å². The van der Waals surface area contributed by atoms with E-state index in [9.17, 15) is 14.9 Å². The number of nitro groups is 1. The predicted molar refractivity (Wildman–Crippen MR) is 90.1 cm³/mol. The minimum Gasteiger partial charge on any atom is -0.481 e. The van der Waals surface area contributed by atoms with Crippen LogP contribution in [-0.2, 0) is 11.3 Å². The lowest BCUT2D eigenvalue weighted by Gasteiger charge is -2.09. The standard InChI is InChI=1S/C15H14BrN3O6/c1-23-7-8-4-9(16)5-10(13(8)19(21)22)14(20)15-17-11(24-2)6-12(18-15)25-3/h4-6H,7H2,1-3H3. The maximum atomic E-state index is 12.8. The van der Waals surface area contributed by atoms with Gasteiger partial charge >= 0.3 is 0 Å². The smallest absolute Gasteiger partial charge is 0.286 e. The van der Waals surface area contributed by atoms with E-state index in [0.29, 0.717) is 4.47 Å². The molecule has 0 aliphatic heterocycles. The van der Waals surface area contributed by atoms with Gasteiger partial charge in [0.15, 0.2) is 0 Å². The van der Waals surface area contributed by atoms with Crippen LogP contribution in [0.5, 0.6) is 11.8 Å². The molecule has 2 aromatic rings. The third-order valence-electron chi connectivity index (χ3n) is 3.18. The number of nitro benzene ring substituents is 1. The lowest BCUT2D eigenvalue weighted by atomic mass is 10.0. The highest BCUT2D eigenvalue weighted by molar-refractivity contribution is 9.10. The topological polar surface area (TPSA) is 114 Å². The number of nitrogens with zero attached hydrogens (tertiary/aromatic N) is 3. The van der Waals surface area contributed by atoms with Crippen LogP contribution >= 0.6 is 15.9 Å². The number of halogens is 1. The molecule has 10 heteroatoms. The molecule has 0 fully saturated rings. The molecule has 132 valence electrons. The van der Waals surface area contributed by atoms with Gasteiger partial charge in [-0.2, -0.15) is 9.97 Å². The summed E-state index contributed by atoms with van der Waals surface area (Å²) in [7, 11) is 4.14. The van der Waals surface area contributed by atoms with Gasteiger partial charge in [-0.3, -0.25) is 14.9 Å². The average Bonchev–Trinajstić information content (AvgIpc) is 2.59. The van der Waals surface area contributed by atoms with Crippen LogP contribution in [0.4, 0.5) is 5.69 Å². The first kappa shape index (κ1) is 18.7. The lowest BCUT2D eigenvalue weighted by Crippen LogP contribution is -2.13. The molecule has 9 nitrogen and oxygen atoms in total. The van der Waals surface area contributed by atoms with Crippen molar-refractivity contribution >= 4 is 27.4 Å². The van der Waals surface area contributed by atoms with Gasteiger partial charge in [-0.25, -0.2) is 0 Å². The number of hydrogen-bond donors (Lipinski definition) is 0. The SMILES string of the molecule is COCc1cc(Br)cc(C(=O)c2nc(OC)cc(OC)n2)c1[N+](=O)[O-]. The van der Waals surface area contributed by atoms with E-state index < -0.39 is 10.7 Å². The molecule has 0 saturated carbocycles. The Hall–Kier alpha value is -2.59. The van der Waals surface area contributed by atoms with Crippen molar-refractivity contribution in [1.82, 2.24) is 9.97 Å². The third kappa shape index (κ3) is 4.09. The van der Waals surface area contributed by atoms with Gasteiger partial charge in [0.1, 0.15) is 5.56 Å². The van der Waals surface area contributed by atoms with Crippen molar-refractivity contribution in [2.75, 3.05) is 21.3 Å². The molecule has 0 aliphatic carbocycles. The first-order valence-electron chi connectivity index (χ1n) is 6.88. The number of carbonyl (C=O) groups is 1. The summed E-state index contributed by atoms with van der Waals surface area (Å²) in [6.07, 6.45) is 0. The van der Waals surface area contributed by atoms with Gasteiger partial charge in [0.05, 0.1) is 37.4 Å². The number of ether oxygens (including phenoxy) is 3. The van der Waals surface area contributed by atoms with Gasteiger partial charge in [-0.1, -0.05) is 15.9 Å². The van der Waals surface area contributed by atoms with Crippen molar-refractivity contribution in [3.05, 3.63) is 49.7 Å². The van der Waals surface area contributed by atoms with Gasteiger partial charge in [0, 0.05) is 11.6 Å². The molecule has 2 rings (SSSR count). The number of aromatic nitrogens is 2. The number of benzene rings is 1. The highest BCUT2D eigenvalue weighted by atomic mass is 79.9. The Balaban J connectivity index is 2.65. The van der Waals surface area contributed by atoms with Gasteiger partial charge in [0.2, 0.25) is 23.4 Å².